The molecule has 9 heteroatoms. The van der Waals surface area contributed by atoms with Crippen LogP contribution in [0.5, 0.6) is 17.2 Å². The van der Waals surface area contributed by atoms with Crippen LogP contribution >= 0.6 is 0 Å². The zero-order valence-electron chi connectivity index (χ0n) is 23.5. The Balaban J connectivity index is 2.18. The first-order chi connectivity index (χ1) is 18.0. The molecule has 0 amide bonds. The van der Waals surface area contributed by atoms with Gasteiger partial charge in [0.15, 0.2) is 17.2 Å². The van der Waals surface area contributed by atoms with Gasteiger partial charge in [-0.2, -0.15) is 0 Å². The number of esters is 2. The predicted molar refractivity (Wildman–Crippen MR) is 142 cm³/mol. The fourth-order valence-electron chi connectivity index (χ4n) is 4.32. The Morgan fingerprint density at radius 3 is 2.24 bits per heavy atom. The highest BCUT2D eigenvalue weighted by Gasteiger charge is 2.31. The second-order valence-electron chi connectivity index (χ2n) is 9.59. The Labute approximate surface area is 224 Å². The summed E-state index contributed by atoms with van der Waals surface area (Å²) in [5.41, 5.74) is 1.93. The largest absolute Gasteiger partial charge is 0.496 e. The van der Waals surface area contributed by atoms with Crippen molar-refractivity contribution in [1.29, 1.82) is 0 Å². The van der Waals surface area contributed by atoms with E-state index in [-0.39, 0.29) is 48.5 Å². The highest BCUT2D eigenvalue weighted by atomic mass is 16.6. The van der Waals surface area contributed by atoms with Crippen molar-refractivity contribution >= 4 is 17.7 Å². The summed E-state index contributed by atoms with van der Waals surface area (Å²) in [6.07, 6.45) is 0.718. The van der Waals surface area contributed by atoms with E-state index in [0.717, 1.165) is 16.9 Å². The van der Waals surface area contributed by atoms with Crippen LogP contribution in [0, 0.1) is 18.8 Å². The topological polar surface area (TPSA) is 110 Å². The lowest BCUT2D eigenvalue weighted by atomic mass is 9.83. The van der Waals surface area contributed by atoms with E-state index in [1.54, 1.807) is 14.0 Å². The normalized spacial score (nSPS) is 13.4. The molecule has 0 N–H and O–H groups in total. The molecule has 1 aromatic carbocycles. The van der Waals surface area contributed by atoms with Gasteiger partial charge in [-0.15, -0.1) is 0 Å². The highest BCUT2D eigenvalue weighted by molar-refractivity contribution is 6.00. The average molecular weight is 530 g/mol. The van der Waals surface area contributed by atoms with Crippen LogP contribution in [-0.2, 0) is 19.1 Å². The monoisotopic (exact) mass is 529 g/mol. The van der Waals surface area contributed by atoms with Gasteiger partial charge in [0.1, 0.15) is 11.9 Å². The zero-order chi connectivity index (χ0) is 28.4. The molecule has 0 fully saturated rings. The Morgan fingerprint density at radius 2 is 1.63 bits per heavy atom. The maximum absolute atomic E-state index is 13.2. The Hall–Kier alpha value is -3.46. The lowest BCUT2D eigenvalue weighted by Gasteiger charge is -2.30. The number of methoxy groups -OCH3 is 3. The third-order valence-corrected chi connectivity index (χ3v) is 6.25. The fourth-order valence-corrected chi connectivity index (χ4v) is 4.32. The number of benzene rings is 1. The quantitative estimate of drug-likeness (QED) is 0.248. The third-order valence-electron chi connectivity index (χ3n) is 6.25. The molecule has 38 heavy (non-hydrogen) atoms. The summed E-state index contributed by atoms with van der Waals surface area (Å²) in [7, 11) is 4.48. The molecule has 0 unspecified atom stereocenters. The van der Waals surface area contributed by atoms with Gasteiger partial charge in [0, 0.05) is 37.3 Å². The van der Waals surface area contributed by atoms with E-state index in [0.29, 0.717) is 0 Å². The number of aromatic nitrogens is 1. The summed E-state index contributed by atoms with van der Waals surface area (Å²) in [5, 5.41) is 0. The first kappa shape index (κ1) is 30.8. The number of pyridine rings is 1. The molecule has 0 saturated carbocycles. The molecule has 0 spiro atoms. The maximum atomic E-state index is 13.2. The van der Waals surface area contributed by atoms with E-state index in [2.05, 4.69) is 18.8 Å². The van der Waals surface area contributed by atoms with E-state index >= 15 is 0 Å². The second-order valence-corrected chi connectivity index (χ2v) is 9.59. The van der Waals surface area contributed by atoms with Gasteiger partial charge >= 0.3 is 11.9 Å². The molecule has 1 aromatic heterocycles. The van der Waals surface area contributed by atoms with Crippen molar-refractivity contribution in [3.05, 3.63) is 47.3 Å². The van der Waals surface area contributed by atoms with Crippen molar-refractivity contribution in [3.8, 4) is 17.2 Å². The van der Waals surface area contributed by atoms with Gasteiger partial charge in [0.05, 0.1) is 33.2 Å². The third kappa shape index (κ3) is 8.02. The molecule has 3 atom stereocenters. The molecule has 0 radical (unpaired) electrons. The van der Waals surface area contributed by atoms with Gasteiger partial charge < -0.3 is 23.7 Å². The van der Waals surface area contributed by atoms with Crippen LogP contribution in [0.1, 0.15) is 68.1 Å². The van der Waals surface area contributed by atoms with Crippen LogP contribution in [-0.4, -0.2) is 56.7 Å². The van der Waals surface area contributed by atoms with Gasteiger partial charge in [-0.1, -0.05) is 32.9 Å². The number of hydrogen-bond acceptors (Lipinski definition) is 9. The highest BCUT2D eigenvalue weighted by Crippen LogP contribution is 2.37. The standard InChI is InChI=1S/C29H39NO8/c1-17(2)26(21-10-9-18(3)15-24(21)36-8)20(5)37-29(33)19(4)16-22(31)27-28(23(35-7)11-13-30-27)38-25(32)12-14-34-6/h9-11,13,15,17,19-20,26H,12,14,16H2,1-8H3/t19-,20+,26-/m1/s1. The van der Waals surface area contributed by atoms with Crippen molar-refractivity contribution in [2.75, 3.05) is 27.9 Å². The van der Waals surface area contributed by atoms with Crippen molar-refractivity contribution in [2.24, 2.45) is 11.8 Å². The molecular formula is C29H39NO8. The van der Waals surface area contributed by atoms with Crippen molar-refractivity contribution in [2.45, 2.75) is 59.5 Å². The van der Waals surface area contributed by atoms with Crippen LogP contribution in [0.15, 0.2) is 30.5 Å². The SMILES string of the molecule is COCCC(=O)Oc1c(OC)ccnc1C(=O)C[C@@H](C)C(=O)O[C@@H](C)[C@H](c1ccc(C)cc1OC)C(C)C. The number of carbonyl (C=O) groups excluding carboxylic acids is 3. The van der Waals surface area contributed by atoms with Crippen LogP contribution in [0.25, 0.3) is 0 Å². The minimum atomic E-state index is -0.761. The summed E-state index contributed by atoms with van der Waals surface area (Å²) in [6, 6.07) is 7.45. The molecule has 0 aliphatic rings. The molecule has 1 heterocycles. The molecule has 0 aliphatic heterocycles. The van der Waals surface area contributed by atoms with Crippen LogP contribution < -0.4 is 14.2 Å². The molecule has 208 valence electrons. The number of ether oxygens (including phenoxy) is 5. The lowest BCUT2D eigenvalue weighted by molar-refractivity contribution is -0.154. The van der Waals surface area contributed by atoms with Crippen molar-refractivity contribution in [1.82, 2.24) is 4.98 Å². The number of carbonyl (C=O) groups is 3. The zero-order valence-corrected chi connectivity index (χ0v) is 23.5. The van der Waals surface area contributed by atoms with Gasteiger partial charge in [0.25, 0.3) is 0 Å². The number of Topliss-reactive ketones (excluding diaryl/α,β-unsaturated/α-hetero) is 1. The van der Waals surface area contributed by atoms with E-state index in [9.17, 15) is 14.4 Å². The van der Waals surface area contributed by atoms with E-state index in [4.69, 9.17) is 23.7 Å². The van der Waals surface area contributed by atoms with Crippen molar-refractivity contribution in [3.63, 3.8) is 0 Å². The van der Waals surface area contributed by atoms with Crippen LogP contribution in [0.2, 0.25) is 0 Å². The van der Waals surface area contributed by atoms with E-state index < -0.39 is 29.7 Å². The smallest absolute Gasteiger partial charge is 0.313 e. The van der Waals surface area contributed by atoms with Gasteiger partial charge in [0.2, 0.25) is 5.75 Å². The summed E-state index contributed by atoms with van der Waals surface area (Å²) < 4.78 is 27.0. The number of ketones is 1. The minimum absolute atomic E-state index is 0.00835. The van der Waals surface area contributed by atoms with Gasteiger partial charge in [-0.05, 0) is 31.4 Å². The van der Waals surface area contributed by atoms with Gasteiger partial charge in [-0.3, -0.25) is 14.4 Å². The first-order valence-corrected chi connectivity index (χ1v) is 12.6. The number of aryl methyl sites for hydroxylation is 1. The number of rotatable bonds is 14. The fraction of sp³-hybridized carbons (Fsp3) is 0.517. The van der Waals surface area contributed by atoms with Crippen molar-refractivity contribution < 1.29 is 38.1 Å². The lowest BCUT2D eigenvalue weighted by Crippen LogP contribution is -2.30. The summed E-state index contributed by atoms with van der Waals surface area (Å²) in [5.74, 6) is -1.46. The molecule has 2 aromatic rings. The summed E-state index contributed by atoms with van der Waals surface area (Å²) in [4.78, 5) is 42.5. The predicted octanol–water partition coefficient (Wildman–Crippen LogP) is 4.93. The Kier molecular flexibility index (Phi) is 11.7. The van der Waals surface area contributed by atoms with E-state index in [1.807, 2.05) is 32.0 Å². The van der Waals surface area contributed by atoms with Crippen LogP contribution in [0.3, 0.4) is 0 Å². The molecule has 0 saturated heterocycles. The Bertz CT molecular complexity index is 1110. The number of nitrogens with zero attached hydrogens (tertiary/aromatic N) is 1. The molecule has 9 nitrogen and oxygen atoms in total. The van der Waals surface area contributed by atoms with E-state index in [1.165, 1.54) is 26.5 Å². The van der Waals surface area contributed by atoms with Gasteiger partial charge in [-0.25, -0.2) is 4.98 Å². The summed E-state index contributed by atoms with van der Waals surface area (Å²) >= 11 is 0. The molecular weight excluding hydrogens is 490 g/mol. The molecule has 0 aliphatic carbocycles. The maximum Gasteiger partial charge on any atom is 0.313 e. The summed E-state index contributed by atoms with van der Waals surface area (Å²) in [6.45, 7) is 9.74. The first-order valence-electron chi connectivity index (χ1n) is 12.6. The molecule has 2 rings (SSSR count). The molecule has 0 bridgehead atoms. The average Bonchev–Trinajstić information content (AvgIpc) is 2.87. The minimum Gasteiger partial charge on any atom is -0.496 e. The Morgan fingerprint density at radius 1 is 0.947 bits per heavy atom. The second kappa shape index (κ2) is 14.5. The van der Waals surface area contributed by atoms with Crippen LogP contribution in [0.4, 0.5) is 0 Å². The number of hydrogen-bond donors (Lipinski definition) is 0.